The Bertz CT molecular complexity index is 652. The number of anilines is 1. The van der Waals surface area contributed by atoms with E-state index < -0.39 is 12.5 Å². The van der Waals surface area contributed by atoms with Crippen LogP contribution >= 0.6 is 0 Å². The number of amides is 1. The van der Waals surface area contributed by atoms with Crippen LogP contribution in [0.1, 0.15) is 34.1 Å². The van der Waals surface area contributed by atoms with E-state index in [0.29, 0.717) is 21.8 Å². The minimum Gasteiger partial charge on any atom is -0.317 e. The number of nitrogens with zero attached hydrogens (tertiary/aromatic N) is 3. The number of hydrogen-bond acceptors (Lipinski definition) is 3. The summed E-state index contributed by atoms with van der Waals surface area (Å²) in [6.07, 6.45) is 0. The molecule has 2 aromatic rings. The molecule has 2 rings (SSSR count). The molecule has 0 bridgehead atoms. The average Bonchev–Trinajstić information content (AvgIpc) is 2.67. The van der Waals surface area contributed by atoms with Crippen LogP contribution in [0.5, 0.6) is 0 Å². The van der Waals surface area contributed by atoms with E-state index in [1.54, 1.807) is 32.0 Å². The van der Waals surface area contributed by atoms with E-state index in [0.717, 1.165) is 0 Å². The largest absolute Gasteiger partial charge is 0.333 e. The fourth-order valence-electron chi connectivity index (χ4n) is 1.88. The monoisotopic (exact) mass is 280 g/mol. The molecule has 0 aromatic carbocycles. The van der Waals surface area contributed by atoms with Crippen LogP contribution in [-0.4, -0.2) is 20.7 Å². The Morgan fingerprint density at radius 2 is 2.00 bits per heavy atom. The van der Waals surface area contributed by atoms with Crippen molar-refractivity contribution in [3.05, 3.63) is 41.0 Å². The zero-order valence-electron chi connectivity index (χ0n) is 11.3. The molecule has 7 heteroatoms. The highest BCUT2D eigenvalue weighted by Gasteiger charge is 2.19. The number of rotatable bonds is 3. The van der Waals surface area contributed by atoms with Crippen LogP contribution in [0.2, 0.25) is 0 Å². The van der Waals surface area contributed by atoms with Gasteiger partial charge in [-0.3, -0.25) is 4.79 Å². The van der Waals surface area contributed by atoms with Gasteiger partial charge in [0, 0.05) is 5.69 Å². The van der Waals surface area contributed by atoms with Gasteiger partial charge in [0.2, 0.25) is 0 Å². The summed E-state index contributed by atoms with van der Waals surface area (Å²) in [6, 6.07) is 5.03. The van der Waals surface area contributed by atoms with E-state index in [4.69, 9.17) is 0 Å². The summed E-state index contributed by atoms with van der Waals surface area (Å²) < 4.78 is 26.0. The third kappa shape index (κ3) is 2.66. The maximum absolute atomic E-state index is 12.7. The first-order chi connectivity index (χ1) is 9.40. The summed E-state index contributed by atoms with van der Waals surface area (Å²) in [6.45, 7) is 2.06. The highest BCUT2D eigenvalue weighted by molar-refractivity contribution is 6.03. The number of halogens is 2. The van der Waals surface area contributed by atoms with Crippen molar-refractivity contribution in [2.45, 2.75) is 27.3 Å². The third-order valence-corrected chi connectivity index (χ3v) is 2.87. The quantitative estimate of drug-likeness (QED) is 0.940. The number of pyridine rings is 1. The van der Waals surface area contributed by atoms with Gasteiger partial charge in [-0.25, -0.2) is 9.67 Å². The molecule has 0 radical (unpaired) electrons. The van der Waals surface area contributed by atoms with E-state index in [1.165, 1.54) is 6.92 Å². The maximum Gasteiger partial charge on any atom is 0.333 e. The average molecular weight is 280 g/mol. The van der Waals surface area contributed by atoms with Crippen LogP contribution in [0.3, 0.4) is 0 Å². The molecule has 0 unspecified atom stereocenters. The molecule has 0 aliphatic carbocycles. The molecule has 2 heterocycles. The van der Waals surface area contributed by atoms with Crippen LogP contribution in [0, 0.1) is 20.8 Å². The lowest BCUT2D eigenvalue weighted by Crippen LogP contribution is -2.15. The summed E-state index contributed by atoms with van der Waals surface area (Å²) in [5.41, 5.74) is 1.77. The number of hydrogen-bond donors (Lipinski definition) is 1. The van der Waals surface area contributed by atoms with Gasteiger partial charge in [-0.15, -0.1) is 0 Å². The summed E-state index contributed by atoms with van der Waals surface area (Å²) in [7, 11) is 0. The van der Waals surface area contributed by atoms with Crippen molar-refractivity contribution in [1.29, 1.82) is 0 Å². The predicted octanol–water partition coefficient (Wildman–Crippen LogP) is 2.85. The van der Waals surface area contributed by atoms with Crippen LogP contribution in [0.4, 0.5) is 14.5 Å². The van der Waals surface area contributed by atoms with Gasteiger partial charge in [0.15, 0.2) is 0 Å². The minimum absolute atomic E-state index is 0.207. The Morgan fingerprint density at radius 3 is 2.55 bits per heavy atom. The lowest BCUT2D eigenvalue weighted by atomic mass is 10.2. The molecule has 0 atom stereocenters. The van der Waals surface area contributed by atoms with Crippen molar-refractivity contribution in [3.8, 4) is 0 Å². The van der Waals surface area contributed by atoms with Crippen molar-refractivity contribution in [3.63, 3.8) is 0 Å². The first-order valence-corrected chi connectivity index (χ1v) is 5.99. The Balaban J connectivity index is 2.29. The minimum atomic E-state index is -2.74. The lowest BCUT2D eigenvalue weighted by Gasteiger charge is -2.06. The van der Waals surface area contributed by atoms with Crippen molar-refractivity contribution < 1.29 is 13.6 Å². The lowest BCUT2D eigenvalue weighted by molar-refractivity contribution is 0.0541. The van der Waals surface area contributed by atoms with Gasteiger partial charge >= 0.3 is 6.55 Å². The second kappa shape index (κ2) is 5.36. The molecule has 0 saturated heterocycles. The fraction of sp³-hybridized carbons (Fsp3) is 0.308. The van der Waals surface area contributed by atoms with Gasteiger partial charge in [0.25, 0.3) is 5.91 Å². The van der Waals surface area contributed by atoms with Crippen LogP contribution in [0.25, 0.3) is 0 Å². The van der Waals surface area contributed by atoms with Crippen LogP contribution < -0.4 is 5.32 Å². The second-order valence-corrected chi connectivity index (χ2v) is 4.39. The Hall–Kier alpha value is -2.31. The Morgan fingerprint density at radius 1 is 1.30 bits per heavy atom. The second-order valence-electron chi connectivity index (χ2n) is 4.39. The molecular formula is C13H14F2N4O. The fourth-order valence-corrected chi connectivity index (χ4v) is 1.88. The highest BCUT2D eigenvalue weighted by atomic mass is 19.3. The van der Waals surface area contributed by atoms with E-state index in [1.807, 2.05) is 0 Å². The topological polar surface area (TPSA) is 59.8 Å². The van der Waals surface area contributed by atoms with Gasteiger partial charge in [-0.05, 0) is 32.9 Å². The van der Waals surface area contributed by atoms with Crippen LogP contribution in [0.15, 0.2) is 18.2 Å². The van der Waals surface area contributed by atoms with E-state index in [2.05, 4.69) is 15.4 Å². The van der Waals surface area contributed by atoms with Gasteiger partial charge in [-0.1, -0.05) is 6.07 Å². The smallest absolute Gasteiger partial charge is 0.317 e. The zero-order valence-corrected chi connectivity index (χ0v) is 11.3. The van der Waals surface area contributed by atoms with Crippen molar-refractivity contribution in [1.82, 2.24) is 14.8 Å². The molecule has 0 saturated carbocycles. The van der Waals surface area contributed by atoms with Crippen molar-refractivity contribution in [2.75, 3.05) is 5.32 Å². The van der Waals surface area contributed by atoms with Crippen LogP contribution in [-0.2, 0) is 0 Å². The zero-order chi connectivity index (χ0) is 14.9. The number of carbonyl (C=O) groups is 1. The summed E-state index contributed by atoms with van der Waals surface area (Å²) in [4.78, 5) is 16.1. The standard InChI is InChI=1S/C13H14F2N4O/c1-7-5-4-6-10(16-7)12(20)17-11-8(2)18-19(9(11)3)13(14)15/h4-6,13H,1-3H3,(H,17,20). The molecule has 0 spiro atoms. The molecule has 106 valence electrons. The third-order valence-electron chi connectivity index (χ3n) is 2.87. The number of nitrogens with one attached hydrogen (secondary N) is 1. The Kier molecular flexibility index (Phi) is 3.78. The predicted molar refractivity (Wildman–Crippen MR) is 69.9 cm³/mol. The molecule has 1 amide bonds. The number of aromatic nitrogens is 3. The molecule has 5 nitrogen and oxygen atoms in total. The SMILES string of the molecule is Cc1cccc(C(=O)Nc2c(C)nn(C(F)F)c2C)n1. The van der Waals surface area contributed by atoms with Gasteiger partial charge in [-0.2, -0.15) is 13.9 Å². The first-order valence-electron chi connectivity index (χ1n) is 5.99. The molecule has 20 heavy (non-hydrogen) atoms. The van der Waals surface area contributed by atoms with Gasteiger partial charge in [0.05, 0.1) is 17.1 Å². The molecule has 0 aliphatic heterocycles. The number of carbonyl (C=O) groups excluding carboxylic acids is 1. The molecular weight excluding hydrogens is 266 g/mol. The highest BCUT2D eigenvalue weighted by Crippen LogP contribution is 2.24. The van der Waals surface area contributed by atoms with Crippen molar-refractivity contribution >= 4 is 11.6 Å². The maximum atomic E-state index is 12.7. The van der Waals surface area contributed by atoms with Gasteiger partial charge in [0.1, 0.15) is 5.69 Å². The van der Waals surface area contributed by atoms with E-state index in [-0.39, 0.29) is 11.4 Å². The molecule has 1 N–H and O–H groups in total. The first kappa shape index (κ1) is 14.1. The number of alkyl halides is 2. The molecule has 0 fully saturated rings. The van der Waals surface area contributed by atoms with Crippen molar-refractivity contribution in [2.24, 2.45) is 0 Å². The van der Waals surface area contributed by atoms with E-state index in [9.17, 15) is 13.6 Å². The summed E-state index contributed by atoms with van der Waals surface area (Å²) in [5.74, 6) is -0.450. The summed E-state index contributed by atoms with van der Waals surface area (Å²) in [5, 5.41) is 6.28. The van der Waals surface area contributed by atoms with E-state index >= 15 is 0 Å². The normalized spacial score (nSPS) is 10.9. The summed E-state index contributed by atoms with van der Waals surface area (Å²) >= 11 is 0. The van der Waals surface area contributed by atoms with Gasteiger partial charge < -0.3 is 5.32 Å². The Labute approximate surface area is 114 Å². The molecule has 0 aliphatic rings. The number of aryl methyl sites for hydroxylation is 2. The molecule has 2 aromatic heterocycles.